The summed E-state index contributed by atoms with van der Waals surface area (Å²) in [5.74, 6) is -0.562. The molecule has 1 aromatic carbocycles. The van der Waals surface area contributed by atoms with Crippen molar-refractivity contribution in [3.63, 3.8) is 0 Å². The number of morpholine rings is 1. The molecule has 1 aromatic rings. The minimum Gasteiger partial charge on any atom is -0.465 e. The lowest BCUT2D eigenvalue weighted by molar-refractivity contribution is -0.0671. The number of carbonyl (C=O) groups excluding carboxylic acids is 1. The Morgan fingerprint density at radius 2 is 1.96 bits per heavy atom. The molecule has 2 unspecified atom stereocenters. The fraction of sp³-hybridized carbons (Fsp3) is 0.588. The summed E-state index contributed by atoms with van der Waals surface area (Å²) in [6.45, 7) is 8.17. The molecule has 2 atom stereocenters. The topological polar surface area (TPSA) is 84.9 Å². The van der Waals surface area contributed by atoms with Gasteiger partial charge in [0.25, 0.3) is 0 Å². The van der Waals surface area contributed by atoms with Crippen LogP contribution in [0.4, 0.5) is 0 Å². The van der Waals surface area contributed by atoms with Crippen LogP contribution in [0.5, 0.6) is 0 Å². The number of nitrogens with zero attached hydrogens (tertiary/aromatic N) is 1. The van der Waals surface area contributed by atoms with E-state index < -0.39 is 16.0 Å². The number of sulfonamides is 1. The highest BCUT2D eigenvalue weighted by Crippen LogP contribution is 2.18. The fourth-order valence-corrected chi connectivity index (χ4v) is 4.31. The fourth-order valence-electron chi connectivity index (χ4n) is 3.02. The first kappa shape index (κ1) is 19.8. The molecule has 140 valence electrons. The lowest BCUT2D eigenvalue weighted by Crippen LogP contribution is -2.47. The van der Waals surface area contributed by atoms with Crippen molar-refractivity contribution in [1.29, 1.82) is 0 Å². The van der Waals surface area contributed by atoms with Crippen LogP contribution in [-0.4, -0.2) is 64.8 Å². The average molecular weight is 370 g/mol. The van der Waals surface area contributed by atoms with E-state index in [4.69, 9.17) is 4.74 Å². The van der Waals surface area contributed by atoms with Crippen molar-refractivity contribution in [2.75, 3.05) is 33.3 Å². The van der Waals surface area contributed by atoms with Crippen molar-refractivity contribution in [2.24, 2.45) is 0 Å². The lowest BCUT2D eigenvalue weighted by atomic mass is 10.1. The Labute approximate surface area is 149 Å². The summed E-state index contributed by atoms with van der Waals surface area (Å²) >= 11 is 0. The monoisotopic (exact) mass is 370 g/mol. The Balaban J connectivity index is 2.03. The summed E-state index contributed by atoms with van der Waals surface area (Å²) in [5, 5.41) is 0. The van der Waals surface area contributed by atoms with Crippen LogP contribution in [0.15, 0.2) is 23.1 Å². The van der Waals surface area contributed by atoms with Crippen molar-refractivity contribution >= 4 is 16.0 Å². The summed E-state index contributed by atoms with van der Waals surface area (Å²) in [6, 6.07) is 4.51. The molecule has 7 nitrogen and oxygen atoms in total. The third-order valence-corrected chi connectivity index (χ3v) is 5.72. The molecule has 0 aliphatic carbocycles. The van der Waals surface area contributed by atoms with Gasteiger partial charge in [0.2, 0.25) is 10.0 Å². The molecule has 2 rings (SSSR count). The molecule has 1 saturated heterocycles. The third-order valence-electron chi connectivity index (χ3n) is 4.11. The molecular weight excluding hydrogens is 344 g/mol. The predicted octanol–water partition coefficient (Wildman–Crippen LogP) is 1.17. The van der Waals surface area contributed by atoms with Crippen LogP contribution < -0.4 is 4.72 Å². The second-order valence-electron chi connectivity index (χ2n) is 6.39. The molecule has 0 amide bonds. The van der Waals surface area contributed by atoms with Gasteiger partial charge < -0.3 is 9.47 Å². The summed E-state index contributed by atoms with van der Waals surface area (Å²) < 4.78 is 38.1. The first-order valence-corrected chi connectivity index (χ1v) is 9.77. The van der Waals surface area contributed by atoms with Crippen molar-refractivity contribution in [2.45, 2.75) is 37.9 Å². The standard InChI is InChI=1S/C17H26N2O5S/c1-12-5-6-15(17(20)23-4)9-16(12)25(21,22)18-7-8-19-10-13(2)24-14(3)11-19/h5-6,9,13-14,18H,7-8,10-11H2,1-4H3. The summed E-state index contributed by atoms with van der Waals surface area (Å²) in [5.41, 5.74) is 0.790. The molecule has 0 bridgehead atoms. The molecule has 0 aromatic heterocycles. The van der Waals surface area contributed by atoms with Crippen molar-refractivity contribution < 1.29 is 22.7 Å². The molecule has 1 fully saturated rings. The van der Waals surface area contributed by atoms with Gasteiger partial charge in [-0.3, -0.25) is 4.90 Å². The molecule has 1 aliphatic rings. The number of esters is 1. The van der Waals surface area contributed by atoms with E-state index in [0.29, 0.717) is 18.7 Å². The molecule has 0 spiro atoms. The van der Waals surface area contributed by atoms with Gasteiger partial charge >= 0.3 is 5.97 Å². The molecule has 0 radical (unpaired) electrons. The highest BCUT2D eigenvalue weighted by molar-refractivity contribution is 7.89. The Kier molecular flexibility index (Phi) is 6.56. The molecular formula is C17H26N2O5S. The van der Waals surface area contributed by atoms with E-state index in [1.54, 1.807) is 19.1 Å². The number of aryl methyl sites for hydroxylation is 1. The zero-order valence-corrected chi connectivity index (χ0v) is 15.9. The summed E-state index contributed by atoms with van der Waals surface area (Å²) in [7, 11) is -2.44. The Morgan fingerprint density at radius 1 is 1.32 bits per heavy atom. The van der Waals surface area contributed by atoms with Crippen molar-refractivity contribution in [1.82, 2.24) is 9.62 Å². The van der Waals surface area contributed by atoms with E-state index in [0.717, 1.165) is 13.1 Å². The number of carbonyl (C=O) groups is 1. The molecule has 8 heteroatoms. The van der Waals surface area contributed by atoms with E-state index in [9.17, 15) is 13.2 Å². The highest BCUT2D eigenvalue weighted by atomic mass is 32.2. The number of nitrogens with one attached hydrogen (secondary N) is 1. The van der Waals surface area contributed by atoms with E-state index in [-0.39, 0.29) is 22.7 Å². The van der Waals surface area contributed by atoms with E-state index in [1.165, 1.54) is 13.2 Å². The number of rotatable bonds is 6. The Bertz CT molecular complexity index is 710. The van der Waals surface area contributed by atoms with Gasteiger partial charge in [-0.05, 0) is 38.5 Å². The smallest absolute Gasteiger partial charge is 0.337 e. The van der Waals surface area contributed by atoms with Crippen LogP contribution in [0.3, 0.4) is 0 Å². The minimum absolute atomic E-state index is 0.0964. The van der Waals surface area contributed by atoms with Crippen LogP contribution in [0.25, 0.3) is 0 Å². The van der Waals surface area contributed by atoms with Gasteiger partial charge in [-0.1, -0.05) is 6.07 Å². The van der Waals surface area contributed by atoms with Gasteiger partial charge in [0.1, 0.15) is 0 Å². The number of methoxy groups -OCH3 is 1. The maximum atomic E-state index is 12.6. The molecule has 1 N–H and O–H groups in total. The predicted molar refractivity (Wildman–Crippen MR) is 94.2 cm³/mol. The molecule has 0 saturated carbocycles. The first-order chi connectivity index (χ1) is 11.7. The molecule has 1 aliphatic heterocycles. The van der Waals surface area contributed by atoms with Gasteiger partial charge in [0.15, 0.2) is 0 Å². The van der Waals surface area contributed by atoms with Crippen molar-refractivity contribution in [3.8, 4) is 0 Å². The maximum absolute atomic E-state index is 12.6. The zero-order valence-electron chi connectivity index (χ0n) is 15.1. The third kappa shape index (κ3) is 5.24. The van der Waals surface area contributed by atoms with Crippen LogP contribution in [0.2, 0.25) is 0 Å². The van der Waals surface area contributed by atoms with E-state index in [2.05, 4.69) is 14.4 Å². The zero-order chi connectivity index (χ0) is 18.6. The second kappa shape index (κ2) is 8.27. The van der Waals surface area contributed by atoms with Gasteiger partial charge in [0.05, 0.1) is 29.8 Å². The van der Waals surface area contributed by atoms with Crippen LogP contribution in [0.1, 0.15) is 29.8 Å². The molecule has 1 heterocycles. The first-order valence-electron chi connectivity index (χ1n) is 8.29. The SMILES string of the molecule is COC(=O)c1ccc(C)c(S(=O)(=O)NCCN2CC(C)OC(C)C2)c1. The minimum atomic E-state index is -3.70. The second-order valence-corrected chi connectivity index (χ2v) is 8.12. The van der Waals surface area contributed by atoms with Gasteiger partial charge in [0, 0.05) is 26.2 Å². The average Bonchev–Trinajstić information content (AvgIpc) is 2.53. The van der Waals surface area contributed by atoms with Crippen LogP contribution >= 0.6 is 0 Å². The Hall–Kier alpha value is -1.48. The summed E-state index contributed by atoms with van der Waals surface area (Å²) in [4.78, 5) is 13.9. The van der Waals surface area contributed by atoms with Crippen LogP contribution in [0, 0.1) is 6.92 Å². The number of hydrogen-bond donors (Lipinski definition) is 1. The molecule has 25 heavy (non-hydrogen) atoms. The quantitative estimate of drug-likeness (QED) is 0.757. The maximum Gasteiger partial charge on any atom is 0.337 e. The number of ether oxygens (including phenoxy) is 2. The Morgan fingerprint density at radius 3 is 2.56 bits per heavy atom. The van der Waals surface area contributed by atoms with Gasteiger partial charge in [-0.2, -0.15) is 0 Å². The normalized spacial score (nSPS) is 21.9. The largest absolute Gasteiger partial charge is 0.465 e. The van der Waals surface area contributed by atoms with E-state index >= 15 is 0 Å². The summed E-state index contributed by atoms with van der Waals surface area (Å²) in [6.07, 6.45) is 0.277. The number of benzene rings is 1. The van der Waals surface area contributed by atoms with Crippen molar-refractivity contribution in [3.05, 3.63) is 29.3 Å². The van der Waals surface area contributed by atoms with E-state index in [1.807, 2.05) is 13.8 Å². The number of hydrogen-bond acceptors (Lipinski definition) is 6. The van der Waals surface area contributed by atoms with Gasteiger partial charge in [-0.25, -0.2) is 17.9 Å². The highest BCUT2D eigenvalue weighted by Gasteiger charge is 2.23. The lowest BCUT2D eigenvalue weighted by Gasteiger charge is -2.35. The van der Waals surface area contributed by atoms with Crippen LogP contribution in [-0.2, 0) is 19.5 Å². The van der Waals surface area contributed by atoms with Gasteiger partial charge in [-0.15, -0.1) is 0 Å².